The maximum Gasteiger partial charge on any atom is 0.168 e. The lowest BCUT2D eigenvalue weighted by Crippen LogP contribution is -2.43. The first-order valence-electron chi connectivity index (χ1n) is 8.81. The molecule has 3 heteroatoms. The van der Waals surface area contributed by atoms with Gasteiger partial charge in [0.25, 0.3) is 0 Å². The number of nitrogens with one attached hydrogen (secondary N) is 1. The molecule has 3 rings (SSSR count). The smallest absolute Gasteiger partial charge is 0.168 e. The third-order valence-corrected chi connectivity index (χ3v) is 5.80. The average molecular weight is 281 g/mol. The Kier molecular flexibility index (Phi) is 5.00. The van der Waals surface area contributed by atoms with Gasteiger partial charge in [-0.15, -0.1) is 0 Å². The second-order valence-electron chi connectivity index (χ2n) is 7.09. The van der Waals surface area contributed by atoms with Crippen molar-refractivity contribution in [3.05, 3.63) is 0 Å². The van der Waals surface area contributed by atoms with Crippen LogP contribution in [-0.4, -0.2) is 31.6 Å². The Morgan fingerprint density at radius 1 is 0.900 bits per heavy atom. The van der Waals surface area contributed by atoms with Crippen LogP contribution in [0.1, 0.15) is 64.7 Å². The summed E-state index contributed by atoms with van der Waals surface area (Å²) in [6.07, 6.45) is 11.7. The normalized spacial score (nSPS) is 34.6. The van der Waals surface area contributed by atoms with E-state index in [-0.39, 0.29) is 5.79 Å². The Labute approximate surface area is 123 Å². The van der Waals surface area contributed by atoms with Gasteiger partial charge < -0.3 is 14.8 Å². The molecule has 0 aromatic heterocycles. The molecule has 0 atom stereocenters. The summed E-state index contributed by atoms with van der Waals surface area (Å²) in [6, 6.07) is 0.692. The third-order valence-electron chi connectivity index (χ3n) is 5.80. The zero-order valence-electron chi connectivity index (χ0n) is 13.0. The lowest BCUT2D eigenvalue weighted by atomic mass is 9.80. The van der Waals surface area contributed by atoms with Crippen LogP contribution in [0.5, 0.6) is 0 Å². The molecule has 116 valence electrons. The van der Waals surface area contributed by atoms with Gasteiger partial charge >= 0.3 is 0 Å². The molecular formula is C17H31NO2. The molecule has 0 unspecified atom stereocenters. The van der Waals surface area contributed by atoms with Crippen LogP contribution in [0.4, 0.5) is 0 Å². The highest BCUT2D eigenvalue weighted by molar-refractivity contribution is 4.86. The van der Waals surface area contributed by atoms with Crippen LogP contribution in [0, 0.1) is 11.8 Å². The van der Waals surface area contributed by atoms with Crippen LogP contribution in [-0.2, 0) is 9.47 Å². The predicted octanol–water partition coefficient (Wildman–Crippen LogP) is 3.48. The van der Waals surface area contributed by atoms with Gasteiger partial charge in [-0.3, -0.25) is 0 Å². The molecule has 0 aromatic rings. The second kappa shape index (κ2) is 6.76. The number of ether oxygens (including phenoxy) is 2. The molecule has 0 amide bonds. The zero-order chi connectivity index (χ0) is 13.8. The van der Waals surface area contributed by atoms with Gasteiger partial charge in [-0.1, -0.05) is 26.2 Å². The molecule has 1 N–H and O–H groups in total. The molecule has 1 aliphatic heterocycles. The molecule has 3 fully saturated rings. The summed E-state index contributed by atoms with van der Waals surface area (Å²) in [5, 5.41) is 3.82. The largest absolute Gasteiger partial charge is 0.348 e. The average Bonchev–Trinajstić information content (AvgIpc) is 2.96. The molecule has 1 saturated heterocycles. The van der Waals surface area contributed by atoms with Crippen molar-refractivity contribution in [2.24, 2.45) is 11.8 Å². The van der Waals surface area contributed by atoms with Gasteiger partial charge in [0.1, 0.15) is 0 Å². The molecule has 3 aliphatic rings. The highest BCUT2D eigenvalue weighted by Gasteiger charge is 2.40. The van der Waals surface area contributed by atoms with E-state index < -0.39 is 0 Å². The van der Waals surface area contributed by atoms with Crippen molar-refractivity contribution in [2.75, 3.05) is 19.8 Å². The summed E-state index contributed by atoms with van der Waals surface area (Å²) in [5.41, 5.74) is 0. The van der Waals surface area contributed by atoms with E-state index in [9.17, 15) is 0 Å². The lowest BCUT2D eigenvalue weighted by Gasteiger charge is -2.36. The first kappa shape index (κ1) is 14.8. The standard InChI is InChI=1S/C17H31NO2/c1-2-14-3-5-15(6-4-14)13-18-16-7-9-17(10-8-16)19-11-12-20-17/h14-16,18H,2-13H2,1H3. The topological polar surface area (TPSA) is 30.5 Å². The Hall–Kier alpha value is -0.120. The minimum Gasteiger partial charge on any atom is -0.348 e. The van der Waals surface area contributed by atoms with Crippen molar-refractivity contribution >= 4 is 0 Å². The minimum absolute atomic E-state index is 0.197. The first-order chi connectivity index (χ1) is 9.80. The highest BCUT2D eigenvalue weighted by atomic mass is 16.7. The molecular weight excluding hydrogens is 250 g/mol. The van der Waals surface area contributed by atoms with E-state index in [4.69, 9.17) is 9.47 Å². The van der Waals surface area contributed by atoms with E-state index in [1.165, 1.54) is 51.5 Å². The maximum absolute atomic E-state index is 5.80. The van der Waals surface area contributed by atoms with Gasteiger partial charge in [-0.25, -0.2) is 0 Å². The molecule has 2 saturated carbocycles. The van der Waals surface area contributed by atoms with Gasteiger partial charge in [-0.05, 0) is 44.1 Å². The van der Waals surface area contributed by atoms with E-state index in [0.717, 1.165) is 37.9 Å². The summed E-state index contributed by atoms with van der Waals surface area (Å²) in [6.45, 7) is 5.15. The first-order valence-corrected chi connectivity index (χ1v) is 8.81. The molecule has 3 nitrogen and oxygen atoms in total. The van der Waals surface area contributed by atoms with Gasteiger partial charge in [0.05, 0.1) is 13.2 Å². The summed E-state index contributed by atoms with van der Waals surface area (Å²) in [7, 11) is 0. The van der Waals surface area contributed by atoms with Gasteiger partial charge in [-0.2, -0.15) is 0 Å². The second-order valence-corrected chi connectivity index (χ2v) is 7.09. The summed E-state index contributed by atoms with van der Waals surface area (Å²) in [5.74, 6) is 1.74. The zero-order valence-corrected chi connectivity index (χ0v) is 13.0. The van der Waals surface area contributed by atoms with E-state index >= 15 is 0 Å². The molecule has 0 aromatic carbocycles. The van der Waals surface area contributed by atoms with Crippen molar-refractivity contribution in [2.45, 2.75) is 76.5 Å². The maximum atomic E-state index is 5.80. The van der Waals surface area contributed by atoms with Crippen molar-refractivity contribution in [3.63, 3.8) is 0 Å². The molecule has 20 heavy (non-hydrogen) atoms. The third kappa shape index (κ3) is 3.55. The molecule has 0 bridgehead atoms. The number of hydrogen-bond acceptors (Lipinski definition) is 3. The van der Waals surface area contributed by atoms with Crippen molar-refractivity contribution in [1.29, 1.82) is 0 Å². The fraction of sp³-hybridized carbons (Fsp3) is 1.00. The fourth-order valence-electron chi connectivity index (χ4n) is 4.22. The van der Waals surface area contributed by atoms with Gasteiger partial charge in [0, 0.05) is 18.9 Å². The van der Waals surface area contributed by atoms with Crippen molar-refractivity contribution < 1.29 is 9.47 Å². The van der Waals surface area contributed by atoms with E-state index in [2.05, 4.69) is 12.2 Å². The molecule has 1 heterocycles. The Morgan fingerprint density at radius 2 is 1.50 bits per heavy atom. The van der Waals surface area contributed by atoms with Crippen LogP contribution < -0.4 is 5.32 Å². The SMILES string of the molecule is CCC1CCC(CNC2CCC3(CC2)OCCO3)CC1. The van der Waals surface area contributed by atoms with E-state index in [1.54, 1.807) is 0 Å². The Bertz CT molecular complexity index is 283. The summed E-state index contributed by atoms with van der Waals surface area (Å²) < 4.78 is 11.6. The number of rotatable bonds is 4. The van der Waals surface area contributed by atoms with Crippen molar-refractivity contribution in [1.82, 2.24) is 5.32 Å². The van der Waals surface area contributed by atoms with Crippen LogP contribution in [0.3, 0.4) is 0 Å². The number of hydrogen-bond donors (Lipinski definition) is 1. The van der Waals surface area contributed by atoms with E-state index in [1.807, 2.05) is 0 Å². The predicted molar refractivity (Wildman–Crippen MR) is 80.6 cm³/mol. The van der Waals surface area contributed by atoms with Crippen LogP contribution >= 0.6 is 0 Å². The Balaban J connectivity index is 1.34. The van der Waals surface area contributed by atoms with Crippen LogP contribution in [0.25, 0.3) is 0 Å². The molecule has 0 radical (unpaired) electrons. The Morgan fingerprint density at radius 3 is 2.10 bits per heavy atom. The van der Waals surface area contributed by atoms with Gasteiger partial charge in [0.2, 0.25) is 0 Å². The summed E-state index contributed by atoms with van der Waals surface area (Å²) in [4.78, 5) is 0. The molecule has 1 spiro atoms. The lowest BCUT2D eigenvalue weighted by molar-refractivity contribution is -0.179. The van der Waals surface area contributed by atoms with Crippen LogP contribution in [0.15, 0.2) is 0 Å². The van der Waals surface area contributed by atoms with Gasteiger partial charge in [0.15, 0.2) is 5.79 Å². The van der Waals surface area contributed by atoms with E-state index in [0.29, 0.717) is 6.04 Å². The summed E-state index contributed by atoms with van der Waals surface area (Å²) >= 11 is 0. The molecule has 2 aliphatic carbocycles. The quantitative estimate of drug-likeness (QED) is 0.856. The monoisotopic (exact) mass is 281 g/mol. The fourth-order valence-corrected chi connectivity index (χ4v) is 4.22. The minimum atomic E-state index is -0.197. The highest BCUT2D eigenvalue weighted by Crippen LogP contribution is 2.36. The van der Waals surface area contributed by atoms with Crippen LogP contribution in [0.2, 0.25) is 0 Å². The van der Waals surface area contributed by atoms with Crippen molar-refractivity contribution in [3.8, 4) is 0 Å².